The fourth-order valence-corrected chi connectivity index (χ4v) is 2.12. The first-order valence-corrected chi connectivity index (χ1v) is 6.90. The molecule has 2 amide bonds. The van der Waals surface area contributed by atoms with Crippen LogP contribution in [0.1, 0.15) is 5.56 Å². The monoisotopic (exact) mass is 318 g/mol. The third-order valence-electron chi connectivity index (χ3n) is 3.17. The molecule has 0 heterocycles. The molecule has 0 aliphatic heterocycles. The van der Waals surface area contributed by atoms with Gasteiger partial charge in [-0.1, -0.05) is 11.6 Å². The molecule has 0 aliphatic rings. The van der Waals surface area contributed by atoms with Crippen molar-refractivity contribution in [1.82, 2.24) is 0 Å². The molecule has 0 saturated carbocycles. The molecule has 5 nitrogen and oxygen atoms in total. The van der Waals surface area contributed by atoms with Crippen molar-refractivity contribution in [3.8, 4) is 5.75 Å². The molecular weight excluding hydrogens is 304 g/mol. The maximum atomic E-state index is 12.1. The molecule has 0 atom stereocenters. The maximum absolute atomic E-state index is 12.1. The summed E-state index contributed by atoms with van der Waals surface area (Å²) in [4.78, 5) is 25.4. The second kappa shape index (κ2) is 6.49. The topological polar surface area (TPSA) is 69.6 Å². The molecule has 2 aromatic rings. The second-order valence-corrected chi connectivity index (χ2v) is 5.23. The molecule has 114 valence electrons. The minimum absolute atomic E-state index is 0.0887. The summed E-state index contributed by atoms with van der Waals surface area (Å²) in [6, 6.07) is 11.0. The Hall–Kier alpha value is -2.53. The summed E-state index contributed by atoms with van der Waals surface area (Å²) >= 11 is 5.85. The third kappa shape index (κ3) is 3.56. The van der Waals surface area contributed by atoms with Crippen molar-refractivity contribution in [2.75, 3.05) is 17.3 Å². The molecule has 0 aliphatic carbocycles. The maximum Gasteiger partial charge on any atom is 0.316 e. The number of halogens is 1. The van der Waals surface area contributed by atoms with Gasteiger partial charge >= 0.3 is 11.8 Å². The van der Waals surface area contributed by atoms with E-state index < -0.39 is 11.8 Å². The lowest BCUT2D eigenvalue weighted by atomic mass is 10.2. The van der Waals surface area contributed by atoms with Gasteiger partial charge in [0.15, 0.2) is 0 Å². The molecule has 0 saturated heterocycles. The number of amides is 2. The molecule has 0 radical (unpaired) electrons. The fraction of sp³-hybridized carbons (Fsp3) is 0.125. The van der Waals surface area contributed by atoms with E-state index in [0.717, 1.165) is 5.56 Å². The van der Waals surface area contributed by atoms with Crippen molar-refractivity contribution in [3.05, 3.63) is 53.1 Å². The average Bonchev–Trinajstić information content (AvgIpc) is 2.49. The quantitative estimate of drug-likeness (QED) is 0.836. The van der Waals surface area contributed by atoms with Gasteiger partial charge in [-0.25, -0.2) is 0 Å². The molecule has 0 fully saturated rings. The highest BCUT2D eigenvalue weighted by atomic mass is 35.5. The zero-order valence-corrected chi connectivity index (χ0v) is 12.9. The lowest BCUT2D eigenvalue weighted by Gasteiger charge is -2.17. The smallest absolute Gasteiger partial charge is 0.316 e. The van der Waals surface area contributed by atoms with Gasteiger partial charge in [-0.2, -0.15) is 0 Å². The number of phenols is 1. The highest BCUT2D eigenvalue weighted by molar-refractivity contribution is 6.44. The normalized spacial score (nSPS) is 10.1. The lowest BCUT2D eigenvalue weighted by molar-refractivity contribution is -0.134. The van der Waals surface area contributed by atoms with Gasteiger partial charge in [0.05, 0.1) is 0 Å². The Morgan fingerprint density at radius 3 is 2.36 bits per heavy atom. The van der Waals surface area contributed by atoms with E-state index in [9.17, 15) is 14.7 Å². The van der Waals surface area contributed by atoms with Crippen LogP contribution in [0.15, 0.2) is 42.5 Å². The van der Waals surface area contributed by atoms with Crippen LogP contribution < -0.4 is 10.2 Å². The van der Waals surface area contributed by atoms with E-state index in [2.05, 4.69) is 5.32 Å². The molecule has 22 heavy (non-hydrogen) atoms. The first kappa shape index (κ1) is 15.9. The van der Waals surface area contributed by atoms with Gasteiger partial charge in [-0.15, -0.1) is 0 Å². The summed E-state index contributed by atoms with van der Waals surface area (Å²) in [6.45, 7) is 1.79. The molecule has 0 aromatic heterocycles. The van der Waals surface area contributed by atoms with Crippen molar-refractivity contribution in [1.29, 1.82) is 0 Å². The Morgan fingerprint density at radius 1 is 1.14 bits per heavy atom. The minimum atomic E-state index is -0.749. The molecule has 2 aromatic carbocycles. The zero-order chi connectivity index (χ0) is 16.3. The minimum Gasteiger partial charge on any atom is -0.508 e. The predicted molar refractivity (Wildman–Crippen MR) is 86.3 cm³/mol. The van der Waals surface area contributed by atoms with Crippen molar-refractivity contribution in [2.45, 2.75) is 6.92 Å². The number of aryl methyl sites for hydroxylation is 1. The van der Waals surface area contributed by atoms with Crippen LogP contribution in [0.2, 0.25) is 5.02 Å². The number of likely N-dealkylation sites (N-methyl/N-ethyl adjacent to an activating group) is 1. The van der Waals surface area contributed by atoms with Gasteiger partial charge in [0.1, 0.15) is 5.75 Å². The summed E-state index contributed by atoms with van der Waals surface area (Å²) in [5, 5.41) is 12.4. The molecule has 6 heteroatoms. The van der Waals surface area contributed by atoms with Crippen LogP contribution in [0.4, 0.5) is 11.4 Å². The SMILES string of the molecule is Cc1cc(Cl)ccc1NC(=O)C(=O)N(C)c1ccc(O)cc1. The van der Waals surface area contributed by atoms with Gasteiger partial charge in [0.2, 0.25) is 0 Å². The van der Waals surface area contributed by atoms with Gasteiger partial charge in [0, 0.05) is 23.4 Å². The standard InChI is InChI=1S/C16H15ClN2O3/c1-10-9-11(17)3-8-14(10)18-15(21)16(22)19(2)12-4-6-13(20)7-5-12/h3-9,20H,1-2H3,(H,18,21). The summed E-state index contributed by atoms with van der Waals surface area (Å²) in [6.07, 6.45) is 0. The number of benzene rings is 2. The number of carbonyl (C=O) groups is 2. The molecule has 0 bridgehead atoms. The Bertz CT molecular complexity index is 714. The second-order valence-electron chi connectivity index (χ2n) is 4.79. The first-order valence-electron chi connectivity index (χ1n) is 6.52. The molecule has 2 rings (SSSR count). The van der Waals surface area contributed by atoms with Crippen molar-refractivity contribution in [2.24, 2.45) is 0 Å². The largest absolute Gasteiger partial charge is 0.508 e. The number of anilines is 2. The van der Waals surface area contributed by atoms with Gasteiger partial charge < -0.3 is 15.3 Å². The molecular formula is C16H15ClN2O3. The van der Waals surface area contributed by atoms with E-state index in [1.54, 1.807) is 37.3 Å². The van der Waals surface area contributed by atoms with Gasteiger partial charge in [-0.3, -0.25) is 9.59 Å². The highest BCUT2D eigenvalue weighted by Gasteiger charge is 2.20. The van der Waals surface area contributed by atoms with Crippen molar-refractivity contribution in [3.63, 3.8) is 0 Å². The van der Waals surface area contributed by atoms with E-state index in [4.69, 9.17) is 11.6 Å². The number of nitrogens with zero attached hydrogens (tertiary/aromatic N) is 1. The van der Waals surface area contributed by atoms with Crippen LogP contribution >= 0.6 is 11.6 Å². The molecule has 0 unspecified atom stereocenters. The average molecular weight is 319 g/mol. The van der Waals surface area contributed by atoms with Crippen LogP contribution in [0.5, 0.6) is 5.75 Å². The number of nitrogens with one attached hydrogen (secondary N) is 1. The summed E-state index contributed by atoms with van der Waals surface area (Å²) in [7, 11) is 1.49. The first-order chi connectivity index (χ1) is 10.4. The molecule has 2 N–H and O–H groups in total. The number of phenolic OH excluding ortho intramolecular Hbond substituents is 1. The number of aromatic hydroxyl groups is 1. The third-order valence-corrected chi connectivity index (χ3v) is 3.41. The van der Waals surface area contributed by atoms with Crippen molar-refractivity contribution >= 4 is 34.8 Å². The number of hydrogen-bond donors (Lipinski definition) is 2. The molecule has 0 spiro atoms. The fourth-order valence-electron chi connectivity index (χ4n) is 1.89. The Kier molecular flexibility index (Phi) is 4.68. The summed E-state index contributed by atoms with van der Waals surface area (Å²) in [5.74, 6) is -1.37. The van der Waals surface area contributed by atoms with E-state index in [1.165, 1.54) is 24.1 Å². The Morgan fingerprint density at radius 2 is 1.77 bits per heavy atom. The Labute approximate surface area is 133 Å². The zero-order valence-electron chi connectivity index (χ0n) is 12.1. The lowest BCUT2D eigenvalue weighted by Crippen LogP contribution is -2.37. The van der Waals surface area contributed by atoms with E-state index in [0.29, 0.717) is 16.4 Å². The van der Waals surface area contributed by atoms with Crippen LogP contribution in [-0.4, -0.2) is 24.0 Å². The summed E-state index contributed by atoms with van der Waals surface area (Å²) in [5.41, 5.74) is 1.80. The van der Waals surface area contributed by atoms with Crippen LogP contribution in [0, 0.1) is 6.92 Å². The van der Waals surface area contributed by atoms with Crippen LogP contribution in [0.3, 0.4) is 0 Å². The van der Waals surface area contributed by atoms with E-state index in [-0.39, 0.29) is 5.75 Å². The van der Waals surface area contributed by atoms with Crippen LogP contribution in [0.25, 0.3) is 0 Å². The van der Waals surface area contributed by atoms with Gasteiger partial charge in [-0.05, 0) is 55.0 Å². The highest BCUT2D eigenvalue weighted by Crippen LogP contribution is 2.20. The van der Waals surface area contributed by atoms with Crippen LogP contribution in [-0.2, 0) is 9.59 Å². The van der Waals surface area contributed by atoms with E-state index in [1.807, 2.05) is 0 Å². The Balaban J connectivity index is 2.11. The number of carbonyl (C=O) groups excluding carboxylic acids is 2. The number of rotatable bonds is 2. The summed E-state index contributed by atoms with van der Waals surface area (Å²) < 4.78 is 0. The predicted octanol–water partition coefficient (Wildman–Crippen LogP) is 2.96. The van der Waals surface area contributed by atoms with Gasteiger partial charge in [0.25, 0.3) is 0 Å². The number of hydrogen-bond acceptors (Lipinski definition) is 3. The van der Waals surface area contributed by atoms with E-state index >= 15 is 0 Å². The van der Waals surface area contributed by atoms with Crippen molar-refractivity contribution < 1.29 is 14.7 Å².